The first-order chi connectivity index (χ1) is 22.6. The van der Waals surface area contributed by atoms with E-state index in [1.165, 1.54) is 105 Å². The number of aliphatic hydroxyl groups is 1. The minimum atomic E-state index is -4.25. The lowest BCUT2D eigenvalue weighted by molar-refractivity contribution is -0.122. The van der Waals surface area contributed by atoms with Crippen LogP contribution in [0.1, 0.15) is 89.5 Å². The second-order valence-corrected chi connectivity index (χ2v) is 14.8. The van der Waals surface area contributed by atoms with Crippen molar-refractivity contribution in [3.05, 3.63) is 52.6 Å². The molecule has 0 spiro atoms. The molecule has 0 bridgehead atoms. The number of thioether (sulfide) groups is 1. The number of rotatable bonds is 27. The van der Waals surface area contributed by atoms with Crippen LogP contribution in [0.5, 0.6) is 5.75 Å². The van der Waals surface area contributed by atoms with E-state index in [2.05, 4.69) is 29.0 Å². The van der Waals surface area contributed by atoms with Crippen LogP contribution in [0.3, 0.4) is 0 Å². The Bertz CT molecular complexity index is 1250. The van der Waals surface area contributed by atoms with Crippen LogP contribution in [-0.2, 0) is 27.1 Å². The highest BCUT2D eigenvalue weighted by Gasteiger charge is 2.24. The summed E-state index contributed by atoms with van der Waals surface area (Å²) < 4.78 is 24.3. The number of hydrogen-bond acceptors (Lipinski definition) is 10. The molecule has 1 unspecified atom stereocenters. The molecule has 2 rings (SSSR count). The number of aromatic nitrogens is 2. The van der Waals surface area contributed by atoms with Gasteiger partial charge in [-0.1, -0.05) is 76.8 Å². The predicted octanol–water partition coefficient (Wildman–Crippen LogP) is 4.85. The molecule has 266 valence electrons. The van der Waals surface area contributed by atoms with E-state index in [0.29, 0.717) is 13.0 Å². The summed E-state index contributed by atoms with van der Waals surface area (Å²) in [5, 5.41) is 12.5. The molecular formula is C33H56N5O7PS. The van der Waals surface area contributed by atoms with Crippen LogP contribution in [0.25, 0.3) is 0 Å². The third-order valence-corrected chi connectivity index (χ3v) is 9.72. The number of nitrogens with one attached hydrogen (secondary N) is 1. The number of hydrogen-bond donors (Lipinski definition) is 5. The Morgan fingerprint density at radius 3 is 2.23 bits per heavy atom. The molecule has 1 aromatic heterocycles. The average Bonchev–Trinajstić information content (AvgIpc) is 3.04. The number of nitrogens with two attached hydrogens (primary N) is 2. The second-order valence-electron chi connectivity index (χ2n) is 11.9. The Morgan fingerprint density at radius 1 is 1.00 bits per heavy atom. The Hall–Kier alpha value is -2.41. The van der Waals surface area contributed by atoms with Crippen molar-refractivity contribution in [2.24, 2.45) is 5.73 Å². The normalized spacial score (nSPS) is 14.0. The maximum Gasteiger partial charge on any atom is 0.402 e. The van der Waals surface area contributed by atoms with Crippen LogP contribution >= 0.6 is 19.4 Å². The van der Waals surface area contributed by atoms with Gasteiger partial charge in [-0.25, -0.2) is 9.36 Å². The fourth-order valence-corrected chi connectivity index (χ4v) is 6.78. The number of aliphatic hydroxyl groups excluding tert-OH is 1. The minimum Gasteiger partial charge on any atom is -0.423 e. The number of ether oxygens (including phenoxy) is 1. The minimum absolute atomic E-state index is 0.0577. The molecule has 1 heterocycles. The van der Waals surface area contributed by atoms with Gasteiger partial charge in [0.25, 0.3) is 0 Å². The highest BCUT2D eigenvalue weighted by atomic mass is 32.2. The van der Waals surface area contributed by atoms with Crippen LogP contribution in [0.2, 0.25) is 0 Å². The number of nitrogen functional groups attached to an aromatic ring is 1. The van der Waals surface area contributed by atoms with Crippen molar-refractivity contribution >= 4 is 31.1 Å². The lowest BCUT2D eigenvalue weighted by atomic mass is 10.1. The molecule has 1 amide bonds. The molecule has 0 aliphatic heterocycles. The van der Waals surface area contributed by atoms with Crippen molar-refractivity contribution in [1.82, 2.24) is 14.9 Å². The summed E-state index contributed by atoms with van der Waals surface area (Å²) >= 11 is 2.09. The summed E-state index contributed by atoms with van der Waals surface area (Å²) in [7, 11) is -4.25. The quantitative estimate of drug-likeness (QED) is 0.0634. The first kappa shape index (κ1) is 40.8. The van der Waals surface area contributed by atoms with Crippen LogP contribution in [-0.4, -0.2) is 68.6 Å². The van der Waals surface area contributed by atoms with Gasteiger partial charge in [-0.3, -0.25) is 9.36 Å². The molecule has 0 saturated heterocycles. The summed E-state index contributed by atoms with van der Waals surface area (Å²) in [5.74, 6) is 2.54. The topological polar surface area (TPSA) is 192 Å². The molecule has 7 N–H and O–H groups in total. The molecule has 0 radical (unpaired) electrons. The van der Waals surface area contributed by atoms with Crippen molar-refractivity contribution < 1.29 is 28.6 Å². The number of benzene rings is 1. The van der Waals surface area contributed by atoms with Gasteiger partial charge >= 0.3 is 13.3 Å². The number of nitrogens with zero attached hydrogens (tertiary/aromatic N) is 2. The largest absolute Gasteiger partial charge is 0.423 e. The number of carbonyl (C=O) groups is 1. The fourth-order valence-electron chi connectivity index (χ4n) is 4.85. The second kappa shape index (κ2) is 23.8. The summed E-state index contributed by atoms with van der Waals surface area (Å²) in [6, 6.07) is 7.08. The van der Waals surface area contributed by atoms with Gasteiger partial charge in [0.2, 0.25) is 5.91 Å². The average molecular weight is 698 g/mol. The molecule has 2 aromatic rings. The van der Waals surface area contributed by atoms with E-state index in [9.17, 15) is 24.2 Å². The Balaban J connectivity index is 1.56. The van der Waals surface area contributed by atoms with Gasteiger partial charge in [0, 0.05) is 12.7 Å². The first-order valence-electron chi connectivity index (χ1n) is 16.9. The molecule has 14 heteroatoms. The summed E-state index contributed by atoms with van der Waals surface area (Å²) in [4.78, 5) is 38.2. The molecular weight excluding hydrogens is 641 g/mol. The molecule has 0 aliphatic carbocycles. The molecule has 0 aliphatic rings. The van der Waals surface area contributed by atoms with Gasteiger partial charge in [0.1, 0.15) is 11.6 Å². The van der Waals surface area contributed by atoms with Gasteiger partial charge < -0.3 is 36.0 Å². The van der Waals surface area contributed by atoms with E-state index in [-0.39, 0.29) is 24.0 Å². The molecule has 47 heavy (non-hydrogen) atoms. The van der Waals surface area contributed by atoms with E-state index >= 15 is 0 Å². The van der Waals surface area contributed by atoms with E-state index in [1.807, 2.05) is 0 Å². The van der Waals surface area contributed by atoms with Gasteiger partial charge in [-0.15, -0.1) is 0 Å². The van der Waals surface area contributed by atoms with Crippen molar-refractivity contribution in [2.45, 2.75) is 109 Å². The van der Waals surface area contributed by atoms with Crippen molar-refractivity contribution in [2.75, 3.05) is 36.7 Å². The van der Waals surface area contributed by atoms with E-state index in [4.69, 9.17) is 20.7 Å². The monoisotopic (exact) mass is 697 g/mol. The lowest BCUT2D eigenvalue weighted by Crippen LogP contribution is -2.42. The predicted molar refractivity (Wildman–Crippen MR) is 190 cm³/mol. The molecule has 0 fully saturated rings. The van der Waals surface area contributed by atoms with Gasteiger partial charge in [-0.2, -0.15) is 16.7 Å². The number of carbonyl (C=O) groups excluding carboxylic acids is 1. The van der Waals surface area contributed by atoms with E-state index in [1.54, 1.807) is 12.1 Å². The highest BCUT2D eigenvalue weighted by Crippen LogP contribution is 2.42. The van der Waals surface area contributed by atoms with Crippen molar-refractivity contribution in [1.29, 1.82) is 0 Å². The molecule has 0 saturated carbocycles. The first-order valence-corrected chi connectivity index (χ1v) is 19.8. The van der Waals surface area contributed by atoms with Crippen LogP contribution in [0.4, 0.5) is 5.82 Å². The maximum atomic E-state index is 12.6. The summed E-state index contributed by atoms with van der Waals surface area (Å²) in [6.45, 7) is 2.26. The lowest BCUT2D eigenvalue weighted by Gasteiger charge is -2.19. The Morgan fingerprint density at radius 2 is 1.62 bits per heavy atom. The summed E-state index contributed by atoms with van der Waals surface area (Å²) in [5.41, 5.74) is 11.7. The fraction of sp³-hybridized carbons (Fsp3) is 0.667. The van der Waals surface area contributed by atoms with Crippen LogP contribution in [0.15, 0.2) is 41.3 Å². The third-order valence-electron chi connectivity index (χ3n) is 7.59. The number of unbranched alkanes of at least 4 members (excludes halogenated alkanes) is 10. The zero-order valence-corrected chi connectivity index (χ0v) is 29.6. The molecule has 3 atom stereocenters. The highest BCUT2D eigenvalue weighted by molar-refractivity contribution is 7.99. The van der Waals surface area contributed by atoms with Crippen LogP contribution in [0, 0.1) is 0 Å². The van der Waals surface area contributed by atoms with E-state index < -0.39 is 38.4 Å². The Kier molecular flexibility index (Phi) is 20.7. The van der Waals surface area contributed by atoms with Gasteiger partial charge in [0.05, 0.1) is 25.3 Å². The Labute approximate surface area is 283 Å². The molecule has 12 nitrogen and oxygen atoms in total. The van der Waals surface area contributed by atoms with Crippen molar-refractivity contribution in [3.8, 4) is 5.75 Å². The number of amides is 1. The van der Waals surface area contributed by atoms with E-state index in [0.717, 1.165) is 18.4 Å². The third kappa shape index (κ3) is 18.6. The van der Waals surface area contributed by atoms with Gasteiger partial charge in [0.15, 0.2) is 6.35 Å². The SMILES string of the molecule is CCCCCCCCSCCCCCCCCNC(=O)[C@@H](N)Cc1ccc(OP(=O)(O)CO[C@H](CO)Cn2ccc(N)nc2=O)cc1. The van der Waals surface area contributed by atoms with Crippen LogP contribution < -0.4 is 27.0 Å². The van der Waals surface area contributed by atoms with Gasteiger partial charge in [-0.05, 0) is 61.0 Å². The summed E-state index contributed by atoms with van der Waals surface area (Å²) in [6.07, 6.45) is 15.2. The number of anilines is 1. The zero-order chi connectivity index (χ0) is 34.3. The standard InChI is InChI=1S/C33H56N5O7PS/c1-2-3-4-5-9-12-21-47-22-13-10-7-6-8-11-19-36-32(40)30(34)23-27-14-16-28(17-15-27)45-46(42,43)26-44-29(25-39)24-38-20-18-31(35)37-33(38)41/h14-18,20,29-30,39H,2-13,19,21-26,34H2,1H3,(H,36,40)(H,42,43)(H2,35,37,41)/t29-,30-/m0/s1. The zero-order valence-electron chi connectivity index (χ0n) is 27.9. The van der Waals surface area contributed by atoms with Crippen molar-refractivity contribution in [3.63, 3.8) is 0 Å². The smallest absolute Gasteiger partial charge is 0.402 e. The maximum absolute atomic E-state index is 12.6. The molecule has 1 aromatic carbocycles.